The monoisotopic (exact) mass is 486 g/mol. The molecule has 3 heterocycles. The Kier molecular flexibility index (Phi) is 6.39. The van der Waals surface area contributed by atoms with Crippen molar-refractivity contribution >= 4 is 38.7 Å². The zero-order chi connectivity index (χ0) is 23.8. The maximum atomic E-state index is 13.3. The summed E-state index contributed by atoms with van der Waals surface area (Å²) in [5.41, 5.74) is -0.355. The SMILES string of the molecule is O=C(Nc1cc(C(F)(F)F)ccc1N1CCCCC1)C1=NN(C2CCS(=O)(=O)C2)C(=O)CC1. The van der Waals surface area contributed by atoms with E-state index in [0.717, 1.165) is 36.4 Å². The number of nitrogens with one attached hydrogen (secondary N) is 1. The summed E-state index contributed by atoms with van der Waals surface area (Å²) in [7, 11) is -3.27. The molecule has 2 saturated heterocycles. The molecule has 0 radical (unpaired) electrons. The van der Waals surface area contributed by atoms with Crippen molar-refractivity contribution < 1.29 is 31.2 Å². The van der Waals surface area contributed by atoms with Gasteiger partial charge in [0, 0.05) is 25.9 Å². The number of alkyl halides is 3. The number of nitrogens with zero attached hydrogens (tertiary/aromatic N) is 3. The van der Waals surface area contributed by atoms with Crippen LogP contribution in [0.1, 0.15) is 44.1 Å². The van der Waals surface area contributed by atoms with E-state index in [1.165, 1.54) is 6.07 Å². The first-order valence-electron chi connectivity index (χ1n) is 10.9. The van der Waals surface area contributed by atoms with Gasteiger partial charge in [0.25, 0.3) is 5.91 Å². The van der Waals surface area contributed by atoms with Gasteiger partial charge >= 0.3 is 6.18 Å². The fourth-order valence-electron chi connectivity index (χ4n) is 4.41. The van der Waals surface area contributed by atoms with Gasteiger partial charge in [0.15, 0.2) is 9.84 Å². The summed E-state index contributed by atoms with van der Waals surface area (Å²) in [6.45, 7) is 1.35. The van der Waals surface area contributed by atoms with Crippen molar-refractivity contribution in [3.8, 4) is 0 Å². The van der Waals surface area contributed by atoms with Gasteiger partial charge in [-0.05, 0) is 43.9 Å². The number of hydrogen-bond acceptors (Lipinski definition) is 6. The molecular weight excluding hydrogens is 461 g/mol. The quantitative estimate of drug-likeness (QED) is 0.706. The third-order valence-corrected chi connectivity index (χ3v) is 7.90. The van der Waals surface area contributed by atoms with Crippen molar-refractivity contribution in [1.82, 2.24) is 5.01 Å². The molecule has 0 bridgehead atoms. The van der Waals surface area contributed by atoms with Gasteiger partial charge in [0.1, 0.15) is 5.71 Å². The maximum Gasteiger partial charge on any atom is 0.416 e. The second-order valence-corrected chi connectivity index (χ2v) is 10.8. The molecular formula is C21H25F3N4O4S. The fraction of sp³-hybridized carbons (Fsp3) is 0.571. The molecule has 4 rings (SSSR count). The second-order valence-electron chi connectivity index (χ2n) is 8.57. The van der Waals surface area contributed by atoms with Crippen LogP contribution in [0.25, 0.3) is 0 Å². The summed E-state index contributed by atoms with van der Waals surface area (Å²) in [4.78, 5) is 27.2. The van der Waals surface area contributed by atoms with Gasteiger partial charge in [-0.2, -0.15) is 18.3 Å². The highest BCUT2D eigenvalue weighted by atomic mass is 32.2. The maximum absolute atomic E-state index is 13.3. The summed E-state index contributed by atoms with van der Waals surface area (Å²) < 4.78 is 63.5. The lowest BCUT2D eigenvalue weighted by molar-refractivity contribution is -0.137. The number of amides is 2. The van der Waals surface area contributed by atoms with Crippen molar-refractivity contribution in [2.24, 2.45) is 5.10 Å². The van der Waals surface area contributed by atoms with Crippen LogP contribution in [0.5, 0.6) is 0 Å². The lowest BCUT2D eigenvalue weighted by atomic mass is 10.1. The number of halogens is 3. The Balaban J connectivity index is 1.60. The van der Waals surface area contributed by atoms with Crippen LogP contribution in [0.15, 0.2) is 23.3 Å². The van der Waals surface area contributed by atoms with Gasteiger partial charge in [-0.3, -0.25) is 9.59 Å². The Hall–Kier alpha value is -2.63. The summed E-state index contributed by atoms with van der Waals surface area (Å²) >= 11 is 0. The van der Waals surface area contributed by atoms with Crippen molar-refractivity contribution in [1.29, 1.82) is 0 Å². The van der Waals surface area contributed by atoms with Gasteiger partial charge in [-0.1, -0.05) is 0 Å². The molecule has 1 atom stereocenters. The minimum atomic E-state index is -4.57. The highest BCUT2D eigenvalue weighted by molar-refractivity contribution is 7.91. The minimum absolute atomic E-state index is 0.0131. The Labute approximate surface area is 189 Å². The Morgan fingerprint density at radius 2 is 1.85 bits per heavy atom. The van der Waals surface area contributed by atoms with Crippen LogP contribution >= 0.6 is 0 Å². The minimum Gasteiger partial charge on any atom is -0.370 e. The second kappa shape index (κ2) is 8.96. The number of benzene rings is 1. The lowest BCUT2D eigenvalue weighted by Crippen LogP contribution is -2.42. The van der Waals surface area contributed by atoms with E-state index in [-0.39, 0.29) is 48.1 Å². The van der Waals surface area contributed by atoms with Crippen LogP contribution in [-0.2, 0) is 25.6 Å². The molecule has 0 spiro atoms. The number of anilines is 2. The van der Waals surface area contributed by atoms with Crippen molar-refractivity contribution in [3.05, 3.63) is 23.8 Å². The van der Waals surface area contributed by atoms with Gasteiger partial charge in [0.05, 0.1) is 34.5 Å². The molecule has 1 aromatic rings. The van der Waals surface area contributed by atoms with E-state index < -0.39 is 33.5 Å². The Morgan fingerprint density at radius 3 is 2.48 bits per heavy atom. The zero-order valence-electron chi connectivity index (χ0n) is 17.9. The third-order valence-electron chi connectivity index (χ3n) is 6.14. The van der Waals surface area contributed by atoms with Crippen molar-refractivity contribution in [3.63, 3.8) is 0 Å². The van der Waals surface area contributed by atoms with E-state index >= 15 is 0 Å². The van der Waals surface area contributed by atoms with Crippen molar-refractivity contribution in [2.75, 3.05) is 34.8 Å². The Bertz CT molecular complexity index is 1080. The zero-order valence-corrected chi connectivity index (χ0v) is 18.7. The van der Waals surface area contributed by atoms with Crippen LogP contribution < -0.4 is 10.2 Å². The highest BCUT2D eigenvalue weighted by Crippen LogP contribution is 2.36. The number of hydrogen-bond donors (Lipinski definition) is 1. The van der Waals surface area contributed by atoms with Crippen molar-refractivity contribution in [2.45, 2.75) is 50.7 Å². The molecule has 0 saturated carbocycles. The number of piperidine rings is 1. The standard InChI is InChI=1S/C21H25F3N4O4S/c22-21(23,24)14-4-6-18(27-9-2-1-3-10-27)17(12-14)25-20(30)16-5-7-19(29)28(26-16)15-8-11-33(31,32)13-15/h4,6,12,15H,1-3,5,7-11,13H2,(H,25,30). The smallest absolute Gasteiger partial charge is 0.370 e. The molecule has 0 aliphatic carbocycles. The molecule has 180 valence electrons. The molecule has 2 amide bonds. The normalized spacial score (nSPS) is 23.4. The van der Waals surface area contributed by atoms with Crippen LogP contribution in [-0.4, -0.2) is 61.6 Å². The van der Waals surface area contributed by atoms with Crippen LogP contribution in [0.4, 0.5) is 24.5 Å². The van der Waals surface area contributed by atoms with E-state index in [0.29, 0.717) is 18.8 Å². The topological polar surface area (TPSA) is 99.2 Å². The summed E-state index contributed by atoms with van der Waals surface area (Å²) in [5.74, 6) is -1.35. The van der Waals surface area contributed by atoms with E-state index in [4.69, 9.17) is 0 Å². The van der Waals surface area contributed by atoms with Crippen LogP contribution in [0.3, 0.4) is 0 Å². The average molecular weight is 487 g/mol. The average Bonchev–Trinajstić information content (AvgIpc) is 3.13. The molecule has 3 aliphatic heterocycles. The number of rotatable bonds is 4. The largest absolute Gasteiger partial charge is 0.416 e. The number of carbonyl (C=O) groups excluding carboxylic acids is 2. The molecule has 2 fully saturated rings. The molecule has 33 heavy (non-hydrogen) atoms. The van der Waals surface area contributed by atoms with Gasteiger partial charge in [-0.25, -0.2) is 13.4 Å². The molecule has 1 N–H and O–H groups in total. The predicted molar refractivity (Wildman–Crippen MR) is 117 cm³/mol. The van der Waals surface area contributed by atoms with E-state index in [2.05, 4.69) is 10.4 Å². The van der Waals surface area contributed by atoms with Crippen LogP contribution in [0, 0.1) is 0 Å². The molecule has 3 aliphatic rings. The number of carbonyl (C=O) groups is 2. The van der Waals surface area contributed by atoms with E-state index in [1.807, 2.05) is 4.90 Å². The van der Waals surface area contributed by atoms with Gasteiger partial charge in [0.2, 0.25) is 5.91 Å². The first kappa shape index (κ1) is 23.5. The molecule has 12 heteroatoms. The highest BCUT2D eigenvalue weighted by Gasteiger charge is 2.37. The molecule has 0 aromatic heterocycles. The van der Waals surface area contributed by atoms with E-state index in [9.17, 15) is 31.2 Å². The molecule has 1 unspecified atom stereocenters. The third kappa shape index (κ3) is 5.31. The number of sulfone groups is 1. The number of hydrazone groups is 1. The molecule has 8 nitrogen and oxygen atoms in total. The Morgan fingerprint density at radius 1 is 1.12 bits per heavy atom. The molecule has 1 aromatic carbocycles. The van der Waals surface area contributed by atoms with E-state index in [1.54, 1.807) is 0 Å². The fourth-order valence-corrected chi connectivity index (χ4v) is 6.10. The lowest BCUT2D eigenvalue weighted by Gasteiger charge is -2.31. The summed E-state index contributed by atoms with van der Waals surface area (Å²) in [5, 5.41) is 7.73. The predicted octanol–water partition coefficient (Wildman–Crippen LogP) is 2.80. The first-order valence-corrected chi connectivity index (χ1v) is 12.7. The first-order chi connectivity index (χ1) is 15.5. The van der Waals surface area contributed by atoms with Crippen LogP contribution in [0.2, 0.25) is 0 Å². The van der Waals surface area contributed by atoms with Gasteiger partial charge < -0.3 is 10.2 Å². The van der Waals surface area contributed by atoms with Gasteiger partial charge in [-0.15, -0.1) is 0 Å². The summed E-state index contributed by atoms with van der Waals surface area (Å²) in [6, 6.07) is 2.64. The summed E-state index contributed by atoms with van der Waals surface area (Å²) in [6.07, 6.45) is -1.48.